The summed E-state index contributed by atoms with van der Waals surface area (Å²) < 4.78 is 23.6. The molecule has 0 aromatic heterocycles. The molecule has 1 saturated heterocycles. The van der Waals surface area contributed by atoms with E-state index < -0.39 is 20.9 Å². The average Bonchev–Trinajstić information content (AvgIpc) is 2.62. The minimum Gasteiger partial charge on any atom is -0.389 e. The van der Waals surface area contributed by atoms with Crippen LogP contribution in [-0.4, -0.2) is 37.2 Å². The van der Waals surface area contributed by atoms with Gasteiger partial charge in [0.05, 0.1) is 17.1 Å². The molecular formula is C13H25NO3S. The molecule has 0 amide bonds. The molecule has 106 valence electrons. The zero-order chi connectivity index (χ0) is 13.6. The van der Waals surface area contributed by atoms with Crippen LogP contribution in [0.5, 0.6) is 0 Å². The van der Waals surface area contributed by atoms with Gasteiger partial charge in [0.15, 0.2) is 9.84 Å². The van der Waals surface area contributed by atoms with Gasteiger partial charge in [-0.2, -0.15) is 0 Å². The highest BCUT2D eigenvalue weighted by Crippen LogP contribution is 2.52. The molecule has 0 aromatic carbocycles. The molecule has 4 atom stereocenters. The van der Waals surface area contributed by atoms with E-state index in [1.807, 2.05) is 6.92 Å². The van der Waals surface area contributed by atoms with Crippen molar-refractivity contribution >= 4 is 9.84 Å². The molecule has 0 spiro atoms. The van der Waals surface area contributed by atoms with Gasteiger partial charge in [-0.15, -0.1) is 0 Å². The van der Waals surface area contributed by atoms with Crippen molar-refractivity contribution in [1.82, 2.24) is 0 Å². The zero-order valence-corrected chi connectivity index (χ0v) is 12.2. The lowest BCUT2D eigenvalue weighted by Crippen LogP contribution is -2.59. The molecule has 1 saturated carbocycles. The van der Waals surface area contributed by atoms with E-state index >= 15 is 0 Å². The van der Waals surface area contributed by atoms with Crippen molar-refractivity contribution in [3.8, 4) is 0 Å². The second kappa shape index (κ2) is 4.46. The third-order valence-electron chi connectivity index (χ3n) is 5.26. The topological polar surface area (TPSA) is 80.4 Å². The summed E-state index contributed by atoms with van der Waals surface area (Å²) in [6.45, 7) is 4.43. The Balaban J connectivity index is 2.37. The van der Waals surface area contributed by atoms with Gasteiger partial charge in [0.1, 0.15) is 0 Å². The zero-order valence-electron chi connectivity index (χ0n) is 11.4. The maximum atomic E-state index is 11.8. The summed E-state index contributed by atoms with van der Waals surface area (Å²) in [5.41, 5.74) is 4.35. The smallest absolute Gasteiger partial charge is 0.151 e. The largest absolute Gasteiger partial charge is 0.389 e. The van der Waals surface area contributed by atoms with Crippen LogP contribution in [0, 0.1) is 17.3 Å². The SMILES string of the molecule is CC1CCC(C)C(O)(C2(CN)CCS(=O)(=O)C2)C1. The fourth-order valence-electron chi connectivity index (χ4n) is 3.94. The molecule has 4 nitrogen and oxygen atoms in total. The maximum Gasteiger partial charge on any atom is 0.151 e. The van der Waals surface area contributed by atoms with Gasteiger partial charge in [0, 0.05) is 12.0 Å². The first-order chi connectivity index (χ1) is 8.25. The van der Waals surface area contributed by atoms with Gasteiger partial charge in [-0.3, -0.25) is 0 Å². The predicted molar refractivity (Wildman–Crippen MR) is 71.9 cm³/mol. The van der Waals surface area contributed by atoms with E-state index in [9.17, 15) is 13.5 Å². The molecule has 0 bridgehead atoms. The van der Waals surface area contributed by atoms with Crippen molar-refractivity contribution in [2.75, 3.05) is 18.1 Å². The van der Waals surface area contributed by atoms with Crippen molar-refractivity contribution in [2.45, 2.75) is 45.1 Å². The van der Waals surface area contributed by atoms with Gasteiger partial charge < -0.3 is 10.8 Å². The highest BCUT2D eigenvalue weighted by atomic mass is 32.2. The summed E-state index contributed by atoms with van der Waals surface area (Å²) in [6.07, 6.45) is 3.26. The number of sulfone groups is 1. The standard InChI is InChI=1S/C13H25NO3S/c1-10-3-4-11(2)13(15,7-10)12(8-14)5-6-18(16,17)9-12/h10-11,15H,3-9,14H2,1-2H3. The van der Waals surface area contributed by atoms with E-state index in [2.05, 4.69) is 6.92 Å². The fraction of sp³-hybridized carbons (Fsp3) is 1.00. The van der Waals surface area contributed by atoms with Crippen molar-refractivity contribution in [1.29, 1.82) is 0 Å². The van der Waals surface area contributed by atoms with E-state index in [4.69, 9.17) is 5.73 Å². The Morgan fingerprint density at radius 3 is 2.50 bits per heavy atom. The number of nitrogens with two attached hydrogens (primary N) is 1. The van der Waals surface area contributed by atoms with Gasteiger partial charge in [-0.1, -0.05) is 20.3 Å². The highest BCUT2D eigenvalue weighted by Gasteiger charge is 2.58. The molecule has 1 aliphatic heterocycles. The minimum absolute atomic E-state index is 0.0596. The molecule has 1 heterocycles. The summed E-state index contributed by atoms with van der Waals surface area (Å²) in [5, 5.41) is 11.1. The van der Waals surface area contributed by atoms with Crippen LogP contribution < -0.4 is 5.73 Å². The number of hydrogen-bond donors (Lipinski definition) is 2. The Bertz CT molecular complexity index is 422. The average molecular weight is 275 g/mol. The summed E-state index contributed by atoms with van der Waals surface area (Å²) >= 11 is 0. The molecule has 2 aliphatic rings. The van der Waals surface area contributed by atoms with Crippen molar-refractivity contribution < 1.29 is 13.5 Å². The van der Waals surface area contributed by atoms with Crippen LogP contribution in [0.15, 0.2) is 0 Å². The predicted octanol–water partition coefficient (Wildman–Crippen LogP) is 0.937. The molecule has 3 N–H and O–H groups in total. The Morgan fingerprint density at radius 1 is 1.33 bits per heavy atom. The molecule has 4 unspecified atom stereocenters. The Kier molecular flexibility index (Phi) is 3.54. The molecule has 1 aliphatic carbocycles. The maximum absolute atomic E-state index is 11.8. The molecule has 18 heavy (non-hydrogen) atoms. The van der Waals surface area contributed by atoms with Crippen molar-refractivity contribution in [3.63, 3.8) is 0 Å². The van der Waals surface area contributed by atoms with Crippen LogP contribution in [0.4, 0.5) is 0 Å². The lowest BCUT2D eigenvalue weighted by molar-refractivity contribution is -0.140. The third kappa shape index (κ3) is 2.10. The first-order valence-corrected chi connectivity index (χ1v) is 8.70. The monoisotopic (exact) mass is 275 g/mol. The highest BCUT2D eigenvalue weighted by molar-refractivity contribution is 7.91. The Hall–Kier alpha value is -0.130. The van der Waals surface area contributed by atoms with Gasteiger partial charge in [0.2, 0.25) is 0 Å². The quantitative estimate of drug-likeness (QED) is 0.786. The third-order valence-corrected chi connectivity index (χ3v) is 7.08. The molecule has 0 aromatic rings. The van der Waals surface area contributed by atoms with E-state index in [1.54, 1.807) is 0 Å². The molecule has 2 fully saturated rings. The fourth-order valence-corrected chi connectivity index (χ4v) is 6.14. The Labute approximate surface area is 110 Å². The van der Waals surface area contributed by atoms with E-state index in [-0.39, 0.29) is 24.0 Å². The summed E-state index contributed by atoms with van der Waals surface area (Å²) in [5.74, 6) is 0.806. The molecule has 2 rings (SSSR count). The van der Waals surface area contributed by atoms with Crippen LogP contribution in [0.25, 0.3) is 0 Å². The van der Waals surface area contributed by atoms with E-state index in [1.165, 1.54) is 0 Å². The normalized spacial score (nSPS) is 48.2. The number of hydrogen-bond acceptors (Lipinski definition) is 4. The second-order valence-corrected chi connectivity index (χ2v) is 8.72. The molecule has 0 radical (unpaired) electrons. The minimum atomic E-state index is -3.03. The van der Waals surface area contributed by atoms with Gasteiger partial charge >= 0.3 is 0 Å². The van der Waals surface area contributed by atoms with Gasteiger partial charge in [-0.25, -0.2) is 8.42 Å². The summed E-state index contributed by atoms with van der Waals surface area (Å²) in [4.78, 5) is 0. The Morgan fingerprint density at radius 2 is 2.00 bits per heavy atom. The van der Waals surface area contributed by atoms with Crippen LogP contribution in [0.3, 0.4) is 0 Å². The molecule has 5 heteroatoms. The van der Waals surface area contributed by atoms with Crippen LogP contribution >= 0.6 is 0 Å². The van der Waals surface area contributed by atoms with Crippen LogP contribution in [0.2, 0.25) is 0 Å². The summed E-state index contributed by atoms with van der Waals surface area (Å²) in [7, 11) is -3.03. The lowest BCUT2D eigenvalue weighted by atomic mass is 9.58. The van der Waals surface area contributed by atoms with Crippen molar-refractivity contribution in [3.05, 3.63) is 0 Å². The first-order valence-electron chi connectivity index (χ1n) is 6.87. The summed E-state index contributed by atoms with van der Waals surface area (Å²) in [6, 6.07) is 0. The van der Waals surface area contributed by atoms with Crippen molar-refractivity contribution in [2.24, 2.45) is 23.0 Å². The first kappa shape index (κ1) is 14.3. The van der Waals surface area contributed by atoms with Crippen LogP contribution in [0.1, 0.15) is 39.5 Å². The number of aliphatic hydroxyl groups is 1. The molecular weight excluding hydrogens is 250 g/mol. The van der Waals surface area contributed by atoms with Crippen LogP contribution in [-0.2, 0) is 9.84 Å². The number of rotatable bonds is 2. The second-order valence-electron chi connectivity index (χ2n) is 6.54. The van der Waals surface area contributed by atoms with E-state index in [0.717, 1.165) is 12.8 Å². The van der Waals surface area contributed by atoms with Gasteiger partial charge in [-0.05, 0) is 31.1 Å². The van der Waals surface area contributed by atoms with Gasteiger partial charge in [0.25, 0.3) is 0 Å². The van der Waals surface area contributed by atoms with E-state index in [0.29, 0.717) is 18.8 Å². The lowest BCUT2D eigenvalue weighted by Gasteiger charge is -2.51.